The Morgan fingerprint density at radius 3 is 2.41 bits per heavy atom. The summed E-state index contributed by atoms with van der Waals surface area (Å²) in [6.45, 7) is 5.96. The van der Waals surface area contributed by atoms with Gasteiger partial charge in [-0.25, -0.2) is 4.39 Å². The molecule has 0 unspecified atom stereocenters. The smallest absolute Gasteiger partial charge is 0.294 e. The van der Waals surface area contributed by atoms with Crippen molar-refractivity contribution in [2.75, 3.05) is 0 Å². The van der Waals surface area contributed by atoms with Crippen LogP contribution in [0.2, 0.25) is 0 Å². The van der Waals surface area contributed by atoms with Gasteiger partial charge in [-0.2, -0.15) is 13.2 Å². The molecule has 22 heavy (non-hydrogen) atoms. The molecule has 0 bridgehead atoms. The fraction of sp³-hybridized carbons (Fsp3) is 0.588. The number of ketones is 1. The molecule has 1 aliphatic carbocycles. The highest BCUT2D eigenvalue weighted by Crippen LogP contribution is 2.45. The molecule has 1 aromatic carbocycles. The van der Waals surface area contributed by atoms with Crippen LogP contribution in [0.5, 0.6) is 0 Å². The molecule has 2 atom stereocenters. The number of carbonyl (C=O) groups excluding carboxylic acids is 1. The Hall–Kier alpha value is -1.39. The van der Waals surface area contributed by atoms with Crippen molar-refractivity contribution in [1.29, 1.82) is 0 Å². The van der Waals surface area contributed by atoms with E-state index < -0.39 is 17.6 Å². The SMILES string of the molecule is C[C@H]1CCCC(C)(C)[C@H]1C(=O)c1ccc(C(F)(F)F)c(F)c1. The Bertz CT molecular complexity index is 575. The monoisotopic (exact) mass is 316 g/mol. The first kappa shape index (κ1) is 17.0. The summed E-state index contributed by atoms with van der Waals surface area (Å²) in [7, 11) is 0. The first-order chi connectivity index (χ1) is 10.0. The molecule has 1 aliphatic rings. The van der Waals surface area contributed by atoms with Gasteiger partial charge in [-0.05, 0) is 36.3 Å². The molecule has 0 spiro atoms. The van der Waals surface area contributed by atoms with Crippen molar-refractivity contribution in [2.45, 2.75) is 46.2 Å². The van der Waals surface area contributed by atoms with Crippen LogP contribution in [0.1, 0.15) is 56.0 Å². The standard InChI is InChI=1S/C17H20F4O/c1-10-5-4-8-16(2,3)14(10)15(22)11-6-7-12(13(18)9-11)17(19,20)21/h6-7,9-10,14H,4-5,8H2,1-3H3/t10-,14+/m0/s1. The van der Waals surface area contributed by atoms with E-state index in [1.54, 1.807) is 0 Å². The molecular formula is C17H20F4O. The summed E-state index contributed by atoms with van der Waals surface area (Å²) >= 11 is 0. The van der Waals surface area contributed by atoms with E-state index in [-0.39, 0.29) is 28.6 Å². The van der Waals surface area contributed by atoms with E-state index in [0.29, 0.717) is 6.07 Å². The zero-order valence-electron chi connectivity index (χ0n) is 12.9. The lowest BCUT2D eigenvalue weighted by Crippen LogP contribution is -2.39. The van der Waals surface area contributed by atoms with Crippen molar-refractivity contribution in [1.82, 2.24) is 0 Å². The zero-order chi connectivity index (χ0) is 16.7. The van der Waals surface area contributed by atoms with Gasteiger partial charge in [0.1, 0.15) is 5.82 Å². The number of hydrogen-bond donors (Lipinski definition) is 0. The van der Waals surface area contributed by atoms with Crippen LogP contribution in [0.15, 0.2) is 18.2 Å². The van der Waals surface area contributed by atoms with E-state index in [1.807, 2.05) is 20.8 Å². The normalized spacial score (nSPS) is 25.0. The lowest BCUT2D eigenvalue weighted by atomic mass is 9.62. The lowest BCUT2D eigenvalue weighted by Gasteiger charge is -2.42. The van der Waals surface area contributed by atoms with E-state index >= 15 is 0 Å². The van der Waals surface area contributed by atoms with Gasteiger partial charge in [-0.1, -0.05) is 33.3 Å². The van der Waals surface area contributed by atoms with Crippen molar-refractivity contribution in [3.05, 3.63) is 35.1 Å². The number of benzene rings is 1. The van der Waals surface area contributed by atoms with Gasteiger partial charge < -0.3 is 0 Å². The van der Waals surface area contributed by atoms with Crippen molar-refractivity contribution >= 4 is 5.78 Å². The van der Waals surface area contributed by atoms with Gasteiger partial charge in [0.15, 0.2) is 5.78 Å². The van der Waals surface area contributed by atoms with Gasteiger partial charge in [-0.3, -0.25) is 4.79 Å². The Kier molecular flexibility index (Phi) is 4.37. The van der Waals surface area contributed by atoms with Crippen molar-refractivity contribution in [2.24, 2.45) is 17.3 Å². The first-order valence-electron chi connectivity index (χ1n) is 7.45. The quantitative estimate of drug-likeness (QED) is 0.521. The van der Waals surface area contributed by atoms with Crippen LogP contribution in [0.4, 0.5) is 17.6 Å². The van der Waals surface area contributed by atoms with Gasteiger partial charge in [0.05, 0.1) is 5.56 Å². The van der Waals surface area contributed by atoms with Gasteiger partial charge in [-0.15, -0.1) is 0 Å². The van der Waals surface area contributed by atoms with Crippen LogP contribution in [-0.2, 0) is 6.18 Å². The molecule has 0 radical (unpaired) electrons. The fourth-order valence-electron chi connectivity index (χ4n) is 3.66. The van der Waals surface area contributed by atoms with Crippen LogP contribution >= 0.6 is 0 Å². The average Bonchev–Trinajstić information content (AvgIpc) is 2.35. The third-order valence-corrected chi connectivity index (χ3v) is 4.73. The molecule has 0 amide bonds. The summed E-state index contributed by atoms with van der Waals surface area (Å²) in [5.74, 6) is -1.80. The van der Waals surface area contributed by atoms with Crippen LogP contribution in [-0.4, -0.2) is 5.78 Å². The summed E-state index contributed by atoms with van der Waals surface area (Å²) in [5, 5.41) is 0. The minimum atomic E-state index is -4.75. The molecule has 5 heteroatoms. The molecule has 0 heterocycles. The Morgan fingerprint density at radius 2 is 1.91 bits per heavy atom. The minimum Gasteiger partial charge on any atom is -0.294 e. The Morgan fingerprint density at radius 1 is 1.27 bits per heavy atom. The maximum Gasteiger partial charge on any atom is 0.419 e. The second kappa shape index (κ2) is 5.67. The molecule has 1 fully saturated rings. The summed E-state index contributed by atoms with van der Waals surface area (Å²) in [6, 6.07) is 2.47. The van der Waals surface area contributed by atoms with E-state index in [9.17, 15) is 22.4 Å². The number of rotatable bonds is 2. The minimum absolute atomic E-state index is 0.0253. The van der Waals surface area contributed by atoms with Gasteiger partial charge >= 0.3 is 6.18 Å². The predicted octanol–water partition coefficient (Wildman–Crippen LogP) is 5.49. The van der Waals surface area contributed by atoms with Crippen molar-refractivity contribution in [3.8, 4) is 0 Å². The van der Waals surface area contributed by atoms with E-state index in [4.69, 9.17) is 0 Å². The van der Waals surface area contributed by atoms with Crippen molar-refractivity contribution < 1.29 is 22.4 Å². The first-order valence-corrected chi connectivity index (χ1v) is 7.45. The molecular weight excluding hydrogens is 296 g/mol. The molecule has 122 valence electrons. The molecule has 0 saturated heterocycles. The van der Waals surface area contributed by atoms with Gasteiger partial charge in [0.25, 0.3) is 0 Å². The summed E-state index contributed by atoms with van der Waals surface area (Å²) in [4.78, 5) is 12.7. The number of hydrogen-bond acceptors (Lipinski definition) is 1. The van der Waals surface area contributed by atoms with Crippen LogP contribution < -0.4 is 0 Å². The number of halogens is 4. The van der Waals surface area contributed by atoms with Crippen LogP contribution in [0.3, 0.4) is 0 Å². The third kappa shape index (κ3) is 3.18. The largest absolute Gasteiger partial charge is 0.419 e. The van der Waals surface area contributed by atoms with Crippen LogP contribution in [0.25, 0.3) is 0 Å². The van der Waals surface area contributed by atoms with E-state index in [0.717, 1.165) is 31.4 Å². The molecule has 0 aliphatic heterocycles. The average molecular weight is 316 g/mol. The van der Waals surface area contributed by atoms with Crippen LogP contribution in [0, 0.1) is 23.1 Å². The topological polar surface area (TPSA) is 17.1 Å². The number of Topliss-reactive ketones (excluding diaryl/α,β-unsaturated/α-hetero) is 1. The molecule has 2 rings (SSSR count). The van der Waals surface area contributed by atoms with Crippen molar-refractivity contribution in [3.63, 3.8) is 0 Å². The maximum absolute atomic E-state index is 13.7. The predicted molar refractivity (Wildman–Crippen MR) is 76.0 cm³/mol. The molecule has 1 saturated carbocycles. The number of alkyl halides is 3. The zero-order valence-corrected chi connectivity index (χ0v) is 12.9. The summed E-state index contributed by atoms with van der Waals surface area (Å²) in [6.07, 6.45) is -1.93. The van der Waals surface area contributed by atoms with Gasteiger partial charge in [0, 0.05) is 11.5 Å². The van der Waals surface area contributed by atoms with E-state index in [1.165, 1.54) is 0 Å². The maximum atomic E-state index is 13.7. The Labute approximate surface area is 127 Å². The molecule has 1 aromatic rings. The van der Waals surface area contributed by atoms with E-state index in [2.05, 4.69) is 0 Å². The molecule has 0 aromatic heterocycles. The highest BCUT2D eigenvalue weighted by atomic mass is 19.4. The molecule has 0 N–H and O–H groups in total. The highest BCUT2D eigenvalue weighted by Gasteiger charge is 2.42. The fourth-order valence-corrected chi connectivity index (χ4v) is 3.66. The van der Waals surface area contributed by atoms with Gasteiger partial charge in [0.2, 0.25) is 0 Å². The third-order valence-electron chi connectivity index (χ3n) is 4.73. The molecule has 1 nitrogen and oxygen atoms in total. The lowest BCUT2D eigenvalue weighted by molar-refractivity contribution is -0.140. The summed E-state index contributed by atoms with van der Waals surface area (Å²) < 4.78 is 51.5. The second-order valence-corrected chi connectivity index (χ2v) is 6.89. The highest BCUT2D eigenvalue weighted by molar-refractivity contribution is 5.98. The Balaban J connectivity index is 2.35. The number of carbonyl (C=O) groups is 1. The summed E-state index contributed by atoms with van der Waals surface area (Å²) in [5.41, 5.74) is -1.54. The second-order valence-electron chi connectivity index (χ2n) is 6.89.